The molecule has 2 rings (SSSR count). The van der Waals surface area contributed by atoms with Gasteiger partial charge in [0.25, 0.3) is 0 Å². The molecule has 1 saturated heterocycles. The normalized spacial score (nSPS) is 16.4. The number of nitrogens with zero attached hydrogens (tertiary/aromatic N) is 1. The Bertz CT molecular complexity index is 541. The molecule has 1 heterocycles. The number of anilines is 1. The molecule has 0 aromatic heterocycles. The molecule has 0 saturated carbocycles. The molecule has 0 spiro atoms. The zero-order chi connectivity index (χ0) is 17.4. The first-order valence-electron chi connectivity index (χ1n) is 8.29. The molecule has 1 aromatic rings. The maximum atomic E-state index is 11.0. The summed E-state index contributed by atoms with van der Waals surface area (Å²) < 4.78 is 0. The lowest BCUT2D eigenvalue weighted by Crippen LogP contribution is -2.39. The fraction of sp³-hybridized carbons (Fsp3) is 0.529. The van der Waals surface area contributed by atoms with E-state index in [2.05, 4.69) is 15.7 Å². The van der Waals surface area contributed by atoms with Gasteiger partial charge in [0.1, 0.15) is 12.4 Å². The molecule has 1 unspecified atom stereocenters. The van der Waals surface area contributed by atoms with E-state index in [-0.39, 0.29) is 18.3 Å². The Morgan fingerprint density at radius 2 is 1.96 bits per heavy atom. The van der Waals surface area contributed by atoms with Gasteiger partial charge < -0.3 is 15.3 Å². The highest BCUT2D eigenvalue weighted by Crippen LogP contribution is 2.10. The molecular formula is C17H26N4O3. The van der Waals surface area contributed by atoms with Crippen LogP contribution >= 0.6 is 0 Å². The maximum absolute atomic E-state index is 11.0. The Morgan fingerprint density at radius 3 is 2.58 bits per heavy atom. The van der Waals surface area contributed by atoms with Crippen LogP contribution in [-0.2, 0) is 9.63 Å². The summed E-state index contributed by atoms with van der Waals surface area (Å²) in [7, 11) is 0. The smallest absolute Gasteiger partial charge is 0.221 e. The number of hydrogen-bond donors (Lipinski definition) is 4. The van der Waals surface area contributed by atoms with E-state index in [1.807, 2.05) is 0 Å². The molecule has 0 bridgehead atoms. The van der Waals surface area contributed by atoms with Gasteiger partial charge in [0.15, 0.2) is 0 Å². The van der Waals surface area contributed by atoms with Crippen molar-refractivity contribution in [2.24, 2.45) is 0 Å². The molecule has 7 nitrogen and oxygen atoms in total. The van der Waals surface area contributed by atoms with Crippen molar-refractivity contribution in [3.8, 4) is 0 Å². The third-order valence-electron chi connectivity index (χ3n) is 3.86. The van der Waals surface area contributed by atoms with Crippen LogP contribution in [0.3, 0.4) is 0 Å². The van der Waals surface area contributed by atoms with E-state index < -0.39 is 6.10 Å². The highest BCUT2D eigenvalue weighted by molar-refractivity contribution is 5.96. The van der Waals surface area contributed by atoms with Gasteiger partial charge >= 0.3 is 0 Å². The second-order valence-corrected chi connectivity index (χ2v) is 6.06. The fourth-order valence-electron chi connectivity index (χ4n) is 2.69. The number of aliphatic hydroxyl groups is 1. The van der Waals surface area contributed by atoms with E-state index in [9.17, 15) is 9.90 Å². The zero-order valence-electron chi connectivity index (χ0n) is 14.0. The highest BCUT2D eigenvalue weighted by atomic mass is 16.6. The number of piperidine rings is 1. The predicted octanol–water partition coefficient (Wildman–Crippen LogP) is 1.34. The van der Waals surface area contributed by atoms with E-state index in [4.69, 9.17) is 10.2 Å². The SMILES string of the molecule is CC(=O)Nc1ccc(C(=N)NOCC(O)CN2CCCCC2)cc1. The van der Waals surface area contributed by atoms with Crippen molar-refractivity contribution < 1.29 is 14.7 Å². The van der Waals surface area contributed by atoms with Gasteiger partial charge in [-0.2, -0.15) is 0 Å². The summed E-state index contributed by atoms with van der Waals surface area (Å²) in [5.41, 5.74) is 3.86. The van der Waals surface area contributed by atoms with Crippen LogP contribution in [0, 0.1) is 5.41 Å². The van der Waals surface area contributed by atoms with Gasteiger partial charge in [0.2, 0.25) is 5.91 Å². The third-order valence-corrected chi connectivity index (χ3v) is 3.86. The number of amidine groups is 1. The van der Waals surface area contributed by atoms with Crippen LogP contribution in [0.15, 0.2) is 24.3 Å². The summed E-state index contributed by atoms with van der Waals surface area (Å²) in [6.45, 7) is 4.23. The first-order valence-corrected chi connectivity index (χ1v) is 8.29. The van der Waals surface area contributed by atoms with Gasteiger partial charge in [0.05, 0.1) is 6.10 Å². The van der Waals surface area contributed by atoms with Gasteiger partial charge in [-0.05, 0) is 50.2 Å². The lowest BCUT2D eigenvalue weighted by molar-refractivity contribution is -0.114. The minimum atomic E-state index is -0.578. The number of benzene rings is 1. The van der Waals surface area contributed by atoms with Crippen LogP contribution in [0.5, 0.6) is 0 Å². The van der Waals surface area contributed by atoms with Gasteiger partial charge in [-0.15, -0.1) is 0 Å². The molecule has 0 radical (unpaired) electrons. The quantitative estimate of drug-likeness (QED) is 0.343. The summed E-state index contributed by atoms with van der Waals surface area (Å²) in [6, 6.07) is 6.87. The predicted molar refractivity (Wildman–Crippen MR) is 93.0 cm³/mol. The van der Waals surface area contributed by atoms with Crippen molar-refractivity contribution in [2.45, 2.75) is 32.3 Å². The Labute approximate surface area is 142 Å². The number of hydrogen-bond acceptors (Lipinski definition) is 5. The van der Waals surface area contributed by atoms with E-state index in [1.165, 1.54) is 26.2 Å². The number of rotatable bonds is 7. The number of amides is 1. The van der Waals surface area contributed by atoms with Crippen LogP contribution in [-0.4, -0.2) is 54.1 Å². The Morgan fingerprint density at radius 1 is 1.29 bits per heavy atom. The van der Waals surface area contributed by atoms with Crippen molar-refractivity contribution in [3.63, 3.8) is 0 Å². The summed E-state index contributed by atoms with van der Waals surface area (Å²) >= 11 is 0. The van der Waals surface area contributed by atoms with Crippen LogP contribution < -0.4 is 10.8 Å². The molecule has 0 aliphatic carbocycles. The summed E-state index contributed by atoms with van der Waals surface area (Å²) in [5, 5.41) is 20.6. The Hall–Kier alpha value is -1.96. The minimum Gasteiger partial charge on any atom is -0.389 e. The first-order chi connectivity index (χ1) is 11.5. The summed E-state index contributed by atoms with van der Waals surface area (Å²) in [5.74, 6) is -0.0310. The molecule has 1 aromatic carbocycles. The number of carbonyl (C=O) groups excluding carboxylic acids is 1. The second kappa shape index (κ2) is 9.36. The average molecular weight is 334 g/mol. The Balaban J connectivity index is 1.69. The van der Waals surface area contributed by atoms with Gasteiger partial charge in [-0.1, -0.05) is 6.42 Å². The average Bonchev–Trinajstić information content (AvgIpc) is 2.55. The number of hydroxylamine groups is 1. The first kappa shape index (κ1) is 18.4. The van der Waals surface area contributed by atoms with Crippen molar-refractivity contribution in [1.29, 1.82) is 5.41 Å². The molecule has 1 aliphatic heterocycles. The largest absolute Gasteiger partial charge is 0.389 e. The van der Waals surface area contributed by atoms with E-state index >= 15 is 0 Å². The molecule has 1 atom stereocenters. The van der Waals surface area contributed by atoms with Crippen LogP contribution in [0.25, 0.3) is 0 Å². The standard InChI is InChI=1S/C17H26N4O3/c1-13(22)19-15-7-5-14(6-8-15)17(18)20-24-12-16(23)11-21-9-3-2-4-10-21/h5-8,16,23H,2-4,9-12H2,1H3,(H2,18,20)(H,19,22). The van der Waals surface area contributed by atoms with Gasteiger partial charge in [-0.3, -0.25) is 15.0 Å². The minimum absolute atomic E-state index is 0.106. The van der Waals surface area contributed by atoms with Gasteiger partial charge in [-0.25, -0.2) is 5.48 Å². The van der Waals surface area contributed by atoms with E-state index in [0.717, 1.165) is 13.1 Å². The second-order valence-electron chi connectivity index (χ2n) is 6.06. The molecule has 132 valence electrons. The fourth-order valence-corrected chi connectivity index (χ4v) is 2.69. The summed E-state index contributed by atoms with van der Waals surface area (Å²) in [6.07, 6.45) is 3.06. The highest BCUT2D eigenvalue weighted by Gasteiger charge is 2.15. The maximum Gasteiger partial charge on any atom is 0.221 e. The van der Waals surface area contributed by atoms with Crippen molar-refractivity contribution in [3.05, 3.63) is 29.8 Å². The number of carbonyl (C=O) groups is 1. The van der Waals surface area contributed by atoms with Crippen LogP contribution in [0.2, 0.25) is 0 Å². The molecule has 1 aliphatic rings. The van der Waals surface area contributed by atoms with Crippen molar-refractivity contribution in [1.82, 2.24) is 10.4 Å². The molecule has 24 heavy (non-hydrogen) atoms. The monoisotopic (exact) mass is 334 g/mol. The molecule has 1 amide bonds. The molecule has 1 fully saturated rings. The van der Waals surface area contributed by atoms with Crippen molar-refractivity contribution in [2.75, 3.05) is 31.6 Å². The Kier molecular flexibility index (Phi) is 7.17. The van der Waals surface area contributed by atoms with Crippen molar-refractivity contribution >= 4 is 17.4 Å². The number of likely N-dealkylation sites (tertiary alicyclic amines) is 1. The number of aliphatic hydroxyl groups excluding tert-OH is 1. The molecule has 4 N–H and O–H groups in total. The lowest BCUT2D eigenvalue weighted by Gasteiger charge is -2.28. The summed E-state index contributed by atoms with van der Waals surface area (Å²) in [4.78, 5) is 18.4. The molecular weight excluding hydrogens is 308 g/mol. The van der Waals surface area contributed by atoms with Gasteiger partial charge in [0, 0.05) is 24.7 Å². The number of β-amino-alcohol motifs (C(OH)–C–C–N with tert-alkyl or cyclic N) is 1. The van der Waals surface area contributed by atoms with E-state index in [1.54, 1.807) is 24.3 Å². The molecule has 7 heteroatoms. The third kappa shape index (κ3) is 6.27. The lowest BCUT2D eigenvalue weighted by atomic mass is 10.1. The topological polar surface area (TPSA) is 97.7 Å². The van der Waals surface area contributed by atoms with E-state index in [0.29, 0.717) is 17.8 Å². The van der Waals surface area contributed by atoms with Crippen LogP contribution in [0.4, 0.5) is 5.69 Å². The number of nitrogens with one attached hydrogen (secondary N) is 3. The zero-order valence-corrected chi connectivity index (χ0v) is 14.0. The van der Waals surface area contributed by atoms with Crippen LogP contribution in [0.1, 0.15) is 31.7 Å².